The quantitative estimate of drug-likeness (QED) is 0.683. The molecule has 3 rings (SSSR count). The second-order valence-electron chi connectivity index (χ2n) is 4.51. The molecule has 1 aromatic carbocycles. The second-order valence-corrected chi connectivity index (χ2v) is 4.51. The van der Waals surface area contributed by atoms with Gasteiger partial charge in [-0.05, 0) is 23.8 Å². The fourth-order valence-corrected chi connectivity index (χ4v) is 1.97. The number of rotatable bonds is 3. The molecule has 0 fully saturated rings. The van der Waals surface area contributed by atoms with Crippen molar-refractivity contribution in [2.45, 2.75) is 6.61 Å². The molecular formula is C15H13N3O2. The third-order valence-electron chi connectivity index (χ3n) is 2.98. The fourth-order valence-electron chi connectivity index (χ4n) is 1.97. The van der Waals surface area contributed by atoms with Gasteiger partial charge in [-0.25, -0.2) is 4.79 Å². The first-order chi connectivity index (χ1) is 9.72. The molecule has 0 aliphatic heterocycles. The zero-order chi connectivity index (χ0) is 13.9. The molecule has 0 aliphatic rings. The average Bonchev–Trinajstić information content (AvgIpc) is 2.91. The Morgan fingerprint density at radius 1 is 1.35 bits per heavy atom. The highest BCUT2D eigenvalue weighted by Crippen LogP contribution is 2.14. The van der Waals surface area contributed by atoms with Crippen LogP contribution in [0.5, 0.6) is 0 Å². The highest BCUT2D eigenvalue weighted by molar-refractivity contribution is 5.88. The predicted octanol–water partition coefficient (Wildman–Crippen LogP) is 2.33. The van der Waals surface area contributed by atoms with E-state index in [1.54, 1.807) is 24.1 Å². The minimum Gasteiger partial charge on any atom is -0.457 e. The summed E-state index contributed by atoms with van der Waals surface area (Å²) >= 11 is 0. The van der Waals surface area contributed by atoms with Crippen molar-refractivity contribution in [1.82, 2.24) is 14.8 Å². The molecule has 0 unspecified atom stereocenters. The van der Waals surface area contributed by atoms with Gasteiger partial charge in [0.25, 0.3) is 0 Å². The maximum absolute atomic E-state index is 11.8. The number of hydrogen-bond acceptors (Lipinski definition) is 4. The zero-order valence-corrected chi connectivity index (χ0v) is 11.0. The molecule has 100 valence electrons. The summed E-state index contributed by atoms with van der Waals surface area (Å²) in [5.74, 6) is -0.371. The van der Waals surface area contributed by atoms with Crippen LogP contribution < -0.4 is 0 Å². The van der Waals surface area contributed by atoms with Gasteiger partial charge >= 0.3 is 5.97 Å². The number of nitrogens with zero attached hydrogens (tertiary/aromatic N) is 3. The van der Waals surface area contributed by atoms with Gasteiger partial charge in [-0.15, -0.1) is 0 Å². The van der Waals surface area contributed by atoms with Crippen molar-refractivity contribution in [2.24, 2.45) is 7.05 Å². The van der Waals surface area contributed by atoms with Crippen LogP contribution in [0.4, 0.5) is 0 Å². The molecule has 2 aromatic heterocycles. The zero-order valence-electron chi connectivity index (χ0n) is 11.0. The summed E-state index contributed by atoms with van der Waals surface area (Å²) in [4.78, 5) is 16.1. The first-order valence-electron chi connectivity index (χ1n) is 6.22. The molecule has 20 heavy (non-hydrogen) atoms. The number of benzene rings is 1. The van der Waals surface area contributed by atoms with Crippen molar-refractivity contribution in [3.05, 3.63) is 60.0 Å². The number of aromatic nitrogens is 3. The molecule has 0 amide bonds. The average molecular weight is 267 g/mol. The normalized spacial score (nSPS) is 10.7. The predicted molar refractivity (Wildman–Crippen MR) is 74.1 cm³/mol. The van der Waals surface area contributed by atoms with E-state index in [4.69, 9.17) is 4.74 Å². The van der Waals surface area contributed by atoms with Crippen LogP contribution in [-0.2, 0) is 18.4 Å². The van der Waals surface area contributed by atoms with E-state index in [-0.39, 0.29) is 12.6 Å². The second kappa shape index (κ2) is 5.13. The Morgan fingerprint density at radius 2 is 2.25 bits per heavy atom. The first-order valence-corrected chi connectivity index (χ1v) is 6.22. The third kappa shape index (κ3) is 2.51. The van der Waals surface area contributed by atoms with E-state index in [9.17, 15) is 4.79 Å². The van der Waals surface area contributed by atoms with Crippen molar-refractivity contribution in [3.63, 3.8) is 0 Å². The third-order valence-corrected chi connectivity index (χ3v) is 2.98. The number of esters is 1. The van der Waals surface area contributed by atoms with Crippen molar-refractivity contribution >= 4 is 16.9 Å². The van der Waals surface area contributed by atoms with Crippen molar-refractivity contribution in [2.75, 3.05) is 0 Å². The molecule has 3 aromatic rings. The van der Waals surface area contributed by atoms with Crippen LogP contribution in [0.1, 0.15) is 15.9 Å². The van der Waals surface area contributed by atoms with E-state index in [1.165, 1.54) is 6.20 Å². The molecule has 0 N–H and O–H groups in total. The van der Waals surface area contributed by atoms with Gasteiger partial charge in [-0.2, -0.15) is 5.10 Å². The number of carbonyl (C=O) groups is 1. The molecular weight excluding hydrogens is 254 g/mol. The van der Waals surface area contributed by atoms with Crippen molar-refractivity contribution < 1.29 is 9.53 Å². The molecule has 5 heteroatoms. The fraction of sp³-hybridized carbons (Fsp3) is 0.133. The molecule has 0 atom stereocenters. The maximum atomic E-state index is 11.8. The van der Waals surface area contributed by atoms with Crippen LogP contribution in [0, 0.1) is 0 Å². The molecule has 0 spiro atoms. The lowest BCUT2D eigenvalue weighted by Gasteiger charge is -2.04. The summed E-state index contributed by atoms with van der Waals surface area (Å²) in [5, 5.41) is 4.97. The maximum Gasteiger partial charge on any atom is 0.341 e. The van der Waals surface area contributed by atoms with Crippen LogP contribution in [0.2, 0.25) is 0 Å². The van der Waals surface area contributed by atoms with E-state index in [0.717, 1.165) is 16.5 Å². The van der Waals surface area contributed by atoms with Gasteiger partial charge in [0.15, 0.2) is 0 Å². The summed E-state index contributed by atoms with van der Waals surface area (Å²) < 4.78 is 6.83. The number of carbonyl (C=O) groups excluding carboxylic acids is 1. The van der Waals surface area contributed by atoms with Gasteiger partial charge in [0.1, 0.15) is 6.61 Å². The summed E-state index contributed by atoms with van der Waals surface area (Å²) in [6.45, 7) is 0.235. The Balaban J connectivity index is 1.72. The number of pyridine rings is 1. The molecule has 0 aliphatic carbocycles. The Morgan fingerprint density at radius 3 is 3.05 bits per heavy atom. The molecule has 0 radical (unpaired) electrons. The van der Waals surface area contributed by atoms with Crippen LogP contribution in [0.25, 0.3) is 10.9 Å². The van der Waals surface area contributed by atoms with Crippen molar-refractivity contribution in [3.8, 4) is 0 Å². The minimum absolute atomic E-state index is 0.235. The molecule has 2 heterocycles. The van der Waals surface area contributed by atoms with Gasteiger partial charge < -0.3 is 4.74 Å². The monoisotopic (exact) mass is 267 g/mol. The number of aryl methyl sites for hydroxylation is 1. The smallest absolute Gasteiger partial charge is 0.341 e. The standard InChI is InChI=1S/C15H13N3O2/c1-18-9-13(8-17-18)15(19)20-10-11-4-5-14-12(7-11)3-2-6-16-14/h2-9H,10H2,1H3. The molecule has 0 bridgehead atoms. The minimum atomic E-state index is -0.371. The van der Waals surface area contributed by atoms with Crippen molar-refractivity contribution in [1.29, 1.82) is 0 Å². The Labute approximate surface area is 115 Å². The lowest BCUT2D eigenvalue weighted by molar-refractivity contribution is 0.0473. The summed E-state index contributed by atoms with van der Waals surface area (Å²) in [6, 6.07) is 9.66. The lowest BCUT2D eigenvalue weighted by Crippen LogP contribution is -2.04. The Hall–Kier alpha value is -2.69. The Kier molecular flexibility index (Phi) is 3.16. The first kappa shape index (κ1) is 12.3. The van der Waals surface area contributed by atoms with Crippen LogP contribution in [0.3, 0.4) is 0 Å². The highest BCUT2D eigenvalue weighted by Gasteiger charge is 2.09. The Bertz CT molecular complexity index is 764. The van der Waals surface area contributed by atoms with Crippen LogP contribution >= 0.6 is 0 Å². The number of ether oxygens (including phenoxy) is 1. The topological polar surface area (TPSA) is 57.0 Å². The largest absolute Gasteiger partial charge is 0.457 e. The van der Waals surface area contributed by atoms with Gasteiger partial charge in [-0.3, -0.25) is 9.67 Å². The van der Waals surface area contributed by atoms with E-state index >= 15 is 0 Å². The summed E-state index contributed by atoms with van der Waals surface area (Å²) in [6.07, 6.45) is 4.88. The van der Waals surface area contributed by atoms with Gasteiger partial charge in [0.05, 0.1) is 17.3 Å². The van der Waals surface area contributed by atoms with Gasteiger partial charge in [0, 0.05) is 24.8 Å². The SMILES string of the molecule is Cn1cc(C(=O)OCc2ccc3ncccc3c2)cn1. The van der Waals surface area contributed by atoms with E-state index in [2.05, 4.69) is 10.1 Å². The van der Waals surface area contributed by atoms with Gasteiger partial charge in [0.2, 0.25) is 0 Å². The van der Waals surface area contributed by atoms with E-state index < -0.39 is 0 Å². The summed E-state index contributed by atoms with van der Waals surface area (Å²) in [5.41, 5.74) is 2.31. The lowest BCUT2D eigenvalue weighted by atomic mass is 10.1. The molecule has 5 nitrogen and oxygen atoms in total. The van der Waals surface area contributed by atoms with E-state index in [0.29, 0.717) is 5.56 Å². The highest BCUT2D eigenvalue weighted by atomic mass is 16.5. The molecule has 0 saturated heterocycles. The van der Waals surface area contributed by atoms with Crippen LogP contribution in [0.15, 0.2) is 48.9 Å². The summed E-state index contributed by atoms with van der Waals surface area (Å²) in [7, 11) is 1.76. The van der Waals surface area contributed by atoms with Gasteiger partial charge in [-0.1, -0.05) is 12.1 Å². The number of fused-ring (bicyclic) bond motifs is 1. The van der Waals surface area contributed by atoms with Crippen LogP contribution in [-0.4, -0.2) is 20.7 Å². The van der Waals surface area contributed by atoms with E-state index in [1.807, 2.05) is 30.3 Å². The molecule has 0 saturated carbocycles. The number of hydrogen-bond donors (Lipinski definition) is 0.